The number of hydrogen-bond acceptors (Lipinski definition) is 5. The first kappa shape index (κ1) is 34.5. The van der Waals surface area contributed by atoms with Gasteiger partial charge in [-0.05, 0) is 55.3 Å². The van der Waals surface area contributed by atoms with Crippen LogP contribution in [0, 0.1) is 5.82 Å². The number of amides is 2. The molecule has 2 amide bonds. The van der Waals surface area contributed by atoms with Gasteiger partial charge < -0.3 is 15.0 Å². The van der Waals surface area contributed by atoms with Crippen molar-refractivity contribution in [1.29, 1.82) is 0 Å². The van der Waals surface area contributed by atoms with Crippen LogP contribution in [0.4, 0.5) is 10.1 Å². The van der Waals surface area contributed by atoms with Crippen LogP contribution in [0.15, 0.2) is 108 Å². The highest BCUT2D eigenvalue weighted by atomic mass is 35.5. The van der Waals surface area contributed by atoms with E-state index in [1.165, 1.54) is 54.5 Å². The number of carbonyl (C=O) groups is 2. The lowest BCUT2D eigenvalue weighted by molar-refractivity contribution is -0.140. The smallest absolute Gasteiger partial charge is 0.264 e. The predicted molar refractivity (Wildman–Crippen MR) is 178 cm³/mol. The summed E-state index contributed by atoms with van der Waals surface area (Å²) in [5.41, 5.74) is 0.966. The van der Waals surface area contributed by atoms with Crippen molar-refractivity contribution in [1.82, 2.24) is 10.2 Å². The molecule has 0 aliphatic rings. The Morgan fingerprint density at radius 2 is 1.57 bits per heavy atom. The van der Waals surface area contributed by atoms with Gasteiger partial charge in [0.1, 0.15) is 24.2 Å². The molecule has 0 fully saturated rings. The Morgan fingerprint density at radius 3 is 2.20 bits per heavy atom. The van der Waals surface area contributed by atoms with E-state index >= 15 is 4.39 Å². The van der Waals surface area contributed by atoms with Crippen LogP contribution in [0.1, 0.15) is 31.4 Å². The van der Waals surface area contributed by atoms with Gasteiger partial charge in [-0.3, -0.25) is 13.9 Å². The number of sulfonamides is 1. The molecule has 46 heavy (non-hydrogen) atoms. The number of nitrogens with zero attached hydrogens (tertiary/aromatic N) is 2. The molecule has 4 aromatic carbocycles. The maximum absolute atomic E-state index is 15.1. The molecule has 4 aromatic rings. The quantitative estimate of drug-likeness (QED) is 0.172. The van der Waals surface area contributed by atoms with Crippen molar-refractivity contribution < 1.29 is 27.1 Å². The molecule has 0 radical (unpaired) electrons. The zero-order chi connectivity index (χ0) is 33.3. The van der Waals surface area contributed by atoms with Crippen LogP contribution in [0.5, 0.6) is 5.75 Å². The molecule has 242 valence electrons. The number of hydrogen-bond donors (Lipinski definition) is 1. The Kier molecular flexibility index (Phi) is 11.8. The van der Waals surface area contributed by atoms with Gasteiger partial charge in [-0.2, -0.15) is 0 Å². The van der Waals surface area contributed by atoms with Crippen LogP contribution in [0.2, 0.25) is 5.02 Å². The molecule has 0 aromatic heterocycles. The Bertz CT molecular complexity index is 1740. The van der Waals surface area contributed by atoms with E-state index in [-0.39, 0.29) is 45.9 Å². The minimum absolute atomic E-state index is 0.0294. The molecule has 0 heterocycles. The molecule has 0 saturated heterocycles. The molecule has 8 nitrogen and oxygen atoms in total. The fourth-order valence-corrected chi connectivity index (χ4v) is 6.50. The third kappa shape index (κ3) is 8.44. The monoisotopic (exact) mass is 665 g/mol. The summed E-state index contributed by atoms with van der Waals surface area (Å²) < 4.78 is 49.8. The van der Waals surface area contributed by atoms with Gasteiger partial charge in [-0.15, -0.1) is 0 Å². The summed E-state index contributed by atoms with van der Waals surface area (Å²) >= 11 is 6.32. The summed E-state index contributed by atoms with van der Waals surface area (Å²) in [7, 11) is -2.99. The van der Waals surface area contributed by atoms with Gasteiger partial charge in [0.15, 0.2) is 0 Å². The second kappa shape index (κ2) is 15.7. The second-order valence-corrected chi connectivity index (χ2v) is 13.1. The van der Waals surface area contributed by atoms with E-state index in [4.69, 9.17) is 16.3 Å². The van der Waals surface area contributed by atoms with Gasteiger partial charge in [0.2, 0.25) is 11.8 Å². The van der Waals surface area contributed by atoms with Crippen molar-refractivity contribution in [2.75, 3.05) is 18.0 Å². The SMILES string of the molecule is CC[C@@H](C)NC(=O)[C@@H](Cc1ccccc1)N(Cc1ccccc1F)C(=O)CN(c1cc(Cl)ccc1OC)S(=O)(=O)c1ccccc1. The fraction of sp³-hybridized carbons (Fsp3) is 0.257. The zero-order valence-electron chi connectivity index (χ0n) is 25.9. The largest absolute Gasteiger partial charge is 0.495 e. The number of ether oxygens (including phenoxy) is 1. The number of benzene rings is 4. The van der Waals surface area contributed by atoms with Crippen molar-refractivity contribution in [2.24, 2.45) is 0 Å². The summed E-state index contributed by atoms with van der Waals surface area (Å²) in [6.07, 6.45) is 0.748. The van der Waals surface area contributed by atoms with Gasteiger partial charge in [-0.25, -0.2) is 12.8 Å². The normalized spacial score (nSPS) is 12.5. The average molecular weight is 666 g/mol. The maximum atomic E-state index is 15.1. The van der Waals surface area contributed by atoms with Gasteiger partial charge >= 0.3 is 0 Å². The van der Waals surface area contributed by atoms with Crippen molar-refractivity contribution >= 4 is 39.1 Å². The molecule has 0 spiro atoms. The minimum atomic E-state index is -4.37. The highest BCUT2D eigenvalue weighted by Gasteiger charge is 2.36. The van der Waals surface area contributed by atoms with E-state index in [9.17, 15) is 18.0 Å². The summed E-state index contributed by atoms with van der Waals surface area (Å²) in [6, 6.07) is 25.9. The molecule has 0 bridgehead atoms. The molecule has 0 aliphatic heterocycles. The van der Waals surface area contributed by atoms with E-state index < -0.39 is 40.2 Å². The predicted octanol–water partition coefficient (Wildman–Crippen LogP) is 6.24. The van der Waals surface area contributed by atoms with E-state index in [1.54, 1.807) is 30.3 Å². The Labute approximate surface area is 274 Å². The van der Waals surface area contributed by atoms with E-state index in [0.29, 0.717) is 6.42 Å². The zero-order valence-corrected chi connectivity index (χ0v) is 27.5. The third-order valence-electron chi connectivity index (χ3n) is 7.59. The third-order valence-corrected chi connectivity index (χ3v) is 9.60. The molecule has 4 rings (SSSR count). The van der Waals surface area contributed by atoms with Crippen molar-refractivity contribution in [3.8, 4) is 5.75 Å². The summed E-state index contributed by atoms with van der Waals surface area (Å²) in [5, 5.41) is 3.17. The fourth-order valence-electron chi connectivity index (χ4n) is 4.90. The number of rotatable bonds is 14. The molecule has 11 heteroatoms. The Hall–Kier alpha value is -4.41. The molecular formula is C35H37ClFN3O5S. The Morgan fingerprint density at radius 1 is 0.935 bits per heavy atom. The highest BCUT2D eigenvalue weighted by molar-refractivity contribution is 7.92. The van der Waals surface area contributed by atoms with Gasteiger partial charge in [0.05, 0.1) is 17.7 Å². The first-order valence-corrected chi connectivity index (χ1v) is 16.7. The van der Waals surface area contributed by atoms with Crippen molar-refractivity contribution in [3.05, 3.63) is 125 Å². The maximum Gasteiger partial charge on any atom is 0.264 e. The van der Waals surface area contributed by atoms with Crippen LogP contribution in [-0.4, -0.2) is 50.9 Å². The molecule has 0 saturated carbocycles. The number of halogens is 2. The summed E-state index contributed by atoms with van der Waals surface area (Å²) in [4.78, 5) is 29.6. The van der Waals surface area contributed by atoms with Crippen LogP contribution in [0.25, 0.3) is 0 Å². The highest BCUT2D eigenvalue weighted by Crippen LogP contribution is 2.35. The molecule has 0 aliphatic carbocycles. The van der Waals surface area contributed by atoms with Crippen LogP contribution in [0.3, 0.4) is 0 Å². The summed E-state index contributed by atoms with van der Waals surface area (Å²) in [6.45, 7) is 2.75. The molecule has 1 N–H and O–H groups in total. The van der Waals surface area contributed by atoms with Crippen molar-refractivity contribution in [2.45, 2.75) is 50.2 Å². The van der Waals surface area contributed by atoms with Gasteiger partial charge in [0.25, 0.3) is 10.0 Å². The van der Waals surface area contributed by atoms with Crippen molar-refractivity contribution in [3.63, 3.8) is 0 Å². The lowest BCUT2D eigenvalue weighted by atomic mass is 10.0. The number of anilines is 1. The molecular weight excluding hydrogens is 629 g/mol. The van der Waals surface area contributed by atoms with E-state index in [2.05, 4.69) is 5.32 Å². The van der Waals surface area contributed by atoms with Gasteiger partial charge in [0, 0.05) is 29.6 Å². The summed E-state index contributed by atoms with van der Waals surface area (Å²) in [5.74, 6) is -1.58. The standard InChI is InChI=1S/C35H37ClFN3O5S/c1-4-25(2)38-35(42)32(21-26-13-7-5-8-14-26)39(23-27-15-11-12-18-30(27)37)34(41)24-40(31-22-28(36)19-20-33(31)45-3)46(43,44)29-16-9-6-10-17-29/h5-20,22,25,32H,4,21,23-24H2,1-3H3,(H,38,42)/t25-,32-/m1/s1. The average Bonchev–Trinajstić information content (AvgIpc) is 3.06. The topological polar surface area (TPSA) is 96.0 Å². The second-order valence-electron chi connectivity index (χ2n) is 10.8. The first-order valence-electron chi connectivity index (χ1n) is 14.8. The number of nitrogens with one attached hydrogen (secondary N) is 1. The number of carbonyl (C=O) groups excluding carboxylic acids is 2. The van der Waals surface area contributed by atoms with E-state index in [0.717, 1.165) is 9.87 Å². The van der Waals surface area contributed by atoms with Crippen LogP contribution in [-0.2, 0) is 32.6 Å². The van der Waals surface area contributed by atoms with Crippen LogP contribution >= 0.6 is 11.6 Å². The first-order chi connectivity index (χ1) is 22.0. The Balaban J connectivity index is 1.86. The lowest BCUT2D eigenvalue weighted by Gasteiger charge is -2.34. The minimum Gasteiger partial charge on any atom is -0.495 e. The van der Waals surface area contributed by atoms with Gasteiger partial charge in [-0.1, -0.05) is 85.3 Å². The van der Waals surface area contributed by atoms with Crippen LogP contribution < -0.4 is 14.4 Å². The molecule has 0 unspecified atom stereocenters. The lowest BCUT2D eigenvalue weighted by Crippen LogP contribution is -2.54. The number of methoxy groups -OCH3 is 1. The molecule has 2 atom stereocenters. The van der Waals surface area contributed by atoms with E-state index in [1.807, 2.05) is 44.2 Å².